The molecule has 10 atom stereocenters. The summed E-state index contributed by atoms with van der Waals surface area (Å²) in [7, 11) is 0. The van der Waals surface area contributed by atoms with Crippen LogP contribution in [0.4, 0.5) is 0 Å². The molecule has 4 aliphatic rings. The van der Waals surface area contributed by atoms with Crippen molar-refractivity contribution >= 4 is 11.9 Å². The zero-order valence-corrected chi connectivity index (χ0v) is 24.0. The van der Waals surface area contributed by atoms with Gasteiger partial charge in [0.25, 0.3) is 0 Å². The monoisotopic (exact) mass is 504 g/mol. The zero-order chi connectivity index (χ0) is 26.5. The maximum Gasteiger partial charge on any atom is 0.302 e. The van der Waals surface area contributed by atoms with Crippen LogP contribution in [0.1, 0.15) is 119 Å². The van der Waals surface area contributed by atoms with E-state index in [1.54, 1.807) is 6.92 Å². The average Bonchev–Trinajstić information content (AvgIpc) is 3.12. The number of carbonyl (C=O) groups excluding carboxylic acids is 2. The number of esters is 2. The van der Waals surface area contributed by atoms with Gasteiger partial charge < -0.3 is 14.6 Å². The van der Waals surface area contributed by atoms with Gasteiger partial charge in [0.05, 0.1) is 5.60 Å². The van der Waals surface area contributed by atoms with E-state index in [0.717, 1.165) is 37.0 Å². The number of rotatable bonds is 7. The van der Waals surface area contributed by atoms with Crippen molar-refractivity contribution in [3.8, 4) is 0 Å². The van der Waals surface area contributed by atoms with Gasteiger partial charge in [0.2, 0.25) is 0 Å². The molecule has 2 unspecified atom stereocenters. The second-order valence-corrected chi connectivity index (χ2v) is 14.2. The molecule has 4 fully saturated rings. The van der Waals surface area contributed by atoms with E-state index in [0.29, 0.717) is 35.0 Å². The van der Waals surface area contributed by atoms with Gasteiger partial charge in [0.1, 0.15) is 12.2 Å². The van der Waals surface area contributed by atoms with E-state index in [9.17, 15) is 14.7 Å². The van der Waals surface area contributed by atoms with Crippen LogP contribution in [-0.2, 0) is 19.1 Å². The fourth-order valence-electron chi connectivity index (χ4n) is 9.86. The summed E-state index contributed by atoms with van der Waals surface area (Å²) in [6.07, 6.45) is 12.3. The van der Waals surface area contributed by atoms with Crippen molar-refractivity contribution in [1.29, 1.82) is 0 Å². The van der Waals surface area contributed by atoms with Crippen LogP contribution >= 0.6 is 0 Å². The predicted molar refractivity (Wildman–Crippen MR) is 141 cm³/mol. The molecule has 36 heavy (non-hydrogen) atoms. The Morgan fingerprint density at radius 1 is 0.944 bits per heavy atom. The first-order valence-electron chi connectivity index (χ1n) is 14.8. The van der Waals surface area contributed by atoms with Crippen LogP contribution in [0.25, 0.3) is 0 Å². The maximum atomic E-state index is 12.0. The van der Waals surface area contributed by atoms with E-state index >= 15 is 0 Å². The normalized spacial score (nSPS) is 41.9. The lowest BCUT2D eigenvalue weighted by molar-refractivity contribution is -0.162. The minimum atomic E-state index is -0.749. The van der Waals surface area contributed by atoms with Gasteiger partial charge in [-0.2, -0.15) is 0 Å². The highest BCUT2D eigenvalue weighted by Crippen LogP contribution is 2.68. The van der Waals surface area contributed by atoms with Crippen LogP contribution in [0.5, 0.6) is 0 Å². The second-order valence-electron chi connectivity index (χ2n) is 14.2. The standard InChI is InChI=1S/C31H52O5/c1-19(28(36-21(3)33)14-15-29(4,5)34)25-10-11-26-24-9-8-22-18-23(35-20(2)32)12-16-30(22,6)27(24)13-17-31(25,26)7/h19,22-28,34H,8-18H2,1-7H3/t19-,22?,23-,24-,25+,26-,27-,28?,30-,31+/m0/s1. The van der Waals surface area contributed by atoms with Crippen molar-refractivity contribution in [1.82, 2.24) is 0 Å². The Hall–Kier alpha value is -1.10. The number of hydrogen-bond donors (Lipinski definition) is 1. The van der Waals surface area contributed by atoms with Gasteiger partial charge in [-0.15, -0.1) is 0 Å². The van der Waals surface area contributed by atoms with Gasteiger partial charge >= 0.3 is 11.9 Å². The van der Waals surface area contributed by atoms with E-state index in [4.69, 9.17) is 9.47 Å². The topological polar surface area (TPSA) is 72.8 Å². The van der Waals surface area contributed by atoms with Crippen LogP contribution < -0.4 is 0 Å². The summed E-state index contributed by atoms with van der Waals surface area (Å²) in [6, 6.07) is 0. The maximum absolute atomic E-state index is 12.0. The smallest absolute Gasteiger partial charge is 0.302 e. The highest BCUT2D eigenvalue weighted by atomic mass is 16.5. The lowest BCUT2D eigenvalue weighted by atomic mass is 9.44. The number of fused-ring (bicyclic) bond motifs is 5. The Balaban J connectivity index is 1.48. The molecule has 4 rings (SSSR count). The highest BCUT2D eigenvalue weighted by molar-refractivity contribution is 5.66. The summed E-state index contributed by atoms with van der Waals surface area (Å²) in [5.74, 6) is 3.51. The summed E-state index contributed by atoms with van der Waals surface area (Å²) < 4.78 is 11.5. The fourth-order valence-corrected chi connectivity index (χ4v) is 9.86. The van der Waals surface area contributed by atoms with E-state index < -0.39 is 5.60 Å². The first-order chi connectivity index (χ1) is 16.7. The van der Waals surface area contributed by atoms with Gasteiger partial charge in [-0.1, -0.05) is 20.8 Å². The second kappa shape index (κ2) is 10.2. The van der Waals surface area contributed by atoms with Crippen LogP contribution in [0.2, 0.25) is 0 Å². The van der Waals surface area contributed by atoms with Gasteiger partial charge in [-0.3, -0.25) is 9.59 Å². The van der Waals surface area contributed by atoms with Gasteiger partial charge in [-0.05, 0) is 131 Å². The highest BCUT2D eigenvalue weighted by Gasteiger charge is 2.61. The number of ether oxygens (including phenoxy) is 2. The molecule has 0 saturated heterocycles. The average molecular weight is 505 g/mol. The van der Waals surface area contributed by atoms with E-state index in [-0.39, 0.29) is 24.1 Å². The minimum Gasteiger partial charge on any atom is -0.463 e. The van der Waals surface area contributed by atoms with Crippen molar-refractivity contribution in [3.63, 3.8) is 0 Å². The van der Waals surface area contributed by atoms with Crippen molar-refractivity contribution in [2.75, 3.05) is 0 Å². The molecule has 0 bridgehead atoms. The van der Waals surface area contributed by atoms with Crippen LogP contribution in [0, 0.1) is 46.3 Å². The molecule has 206 valence electrons. The number of aliphatic hydroxyl groups is 1. The predicted octanol–water partition coefficient (Wildman–Crippen LogP) is 6.70. The van der Waals surface area contributed by atoms with Gasteiger partial charge in [0.15, 0.2) is 0 Å². The van der Waals surface area contributed by atoms with Crippen molar-refractivity contribution in [2.45, 2.75) is 137 Å². The van der Waals surface area contributed by atoms with Crippen LogP contribution in [0.15, 0.2) is 0 Å². The summed E-state index contributed by atoms with van der Waals surface area (Å²) in [5.41, 5.74) is -0.0791. The van der Waals surface area contributed by atoms with Crippen molar-refractivity contribution in [3.05, 3.63) is 0 Å². The molecule has 0 amide bonds. The van der Waals surface area contributed by atoms with E-state index in [2.05, 4.69) is 20.8 Å². The summed E-state index contributed by atoms with van der Waals surface area (Å²) in [4.78, 5) is 23.5. The molecule has 1 N–H and O–H groups in total. The molecule has 4 aliphatic carbocycles. The Kier molecular flexibility index (Phi) is 7.93. The molecule has 0 aliphatic heterocycles. The number of hydrogen-bond acceptors (Lipinski definition) is 5. The molecule has 5 nitrogen and oxygen atoms in total. The van der Waals surface area contributed by atoms with E-state index in [1.165, 1.54) is 51.9 Å². The lowest BCUT2D eigenvalue weighted by Gasteiger charge is -2.61. The first kappa shape index (κ1) is 27.9. The summed E-state index contributed by atoms with van der Waals surface area (Å²) in [6.45, 7) is 14.2. The molecule has 0 radical (unpaired) electrons. The Bertz CT molecular complexity index is 816. The molecule has 0 aromatic heterocycles. The van der Waals surface area contributed by atoms with E-state index in [1.807, 2.05) is 13.8 Å². The third-order valence-electron chi connectivity index (χ3n) is 11.6. The number of carbonyl (C=O) groups is 2. The molecule has 0 heterocycles. The zero-order valence-electron chi connectivity index (χ0n) is 24.0. The lowest BCUT2D eigenvalue weighted by Crippen LogP contribution is -2.54. The Morgan fingerprint density at radius 2 is 1.61 bits per heavy atom. The molecule has 0 aromatic carbocycles. The molecule has 4 saturated carbocycles. The third-order valence-corrected chi connectivity index (χ3v) is 11.6. The van der Waals surface area contributed by atoms with Crippen LogP contribution in [-0.4, -0.2) is 34.9 Å². The molecule has 0 aromatic rings. The molecule has 5 heteroatoms. The summed E-state index contributed by atoms with van der Waals surface area (Å²) >= 11 is 0. The fraction of sp³-hybridized carbons (Fsp3) is 0.935. The quantitative estimate of drug-likeness (QED) is 0.391. The summed E-state index contributed by atoms with van der Waals surface area (Å²) in [5, 5.41) is 10.3. The Labute approximate surface area is 219 Å². The van der Waals surface area contributed by atoms with Crippen LogP contribution in [0.3, 0.4) is 0 Å². The van der Waals surface area contributed by atoms with Crippen molar-refractivity contribution in [2.24, 2.45) is 46.3 Å². The van der Waals surface area contributed by atoms with Gasteiger partial charge in [-0.25, -0.2) is 0 Å². The first-order valence-corrected chi connectivity index (χ1v) is 14.8. The SMILES string of the molecule is CC(=O)OC(CCC(C)(C)O)[C@@H](C)[C@H]1CC[C@H]2[C@@H]3CCC4C[C@@H](OC(C)=O)CC[C@]4(C)[C@H]3CC[C@]12C. The largest absolute Gasteiger partial charge is 0.463 e. The minimum absolute atomic E-state index is 0.116. The molecular formula is C31H52O5. The van der Waals surface area contributed by atoms with Gasteiger partial charge in [0, 0.05) is 13.8 Å². The molecule has 0 spiro atoms. The van der Waals surface area contributed by atoms with Crippen molar-refractivity contribution < 1.29 is 24.2 Å². The third kappa shape index (κ3) is 5.38. The Morgan fingerprint density at radius 3 is 2.25 bits per heavy atom. The molecular weight excluding hydrogens is 452 g/mol.